The van der Waals surface area contributed by atoms with Crippen LogP contribution in [0.1, 0.15) is 28.4 Å². The van der Waals surface area contributed by atoms with Crippen molar-refractivity contribution in [3.05, 3.63) is 59.2 Å². The van der Waals surface area contributed by atoms with Crippen LogP contribution >= 0.6 is 0 Å². The highest BCUT2D eigenvalue weighted by atomic mass is 16.5. The lowest BCUT2D eigenvalue weighted by molar-refractivity contribution is -0.120. The van der Waals surface area contributed by atoms with Crippen LogP contribution in [0.15, 0.2) is 42.5 Å². The fourth-order valence-electron chi connectivity index (χ4n) is 2.57. The molecule has 2 N–H and O–H groups in total. The molecule has 0 fully saturated rings. The zero-order chi connectivity index (χ0) is 19.6. The average molecular weight is 370 g/mol. The number of carbonyl (C=O) groups is 2. The van der Waals surface area contributed by atoms with Crippen molar-refractivity contribution >= 4 is 11.8 Å². The Labute approximate surface area is 159 Å². The standard InChI is InChI=1S/C21H26N2O4/c1-4-26-19-8-6-5-7-17(19)21(25)23-14-20(24)22-11-12-27-18-10-9-15(2)13-16(18)3/h5-10,13H,4,11-12,14H2,1-3H3,(H,22,24)(H,23,25). The molecule has 2 aromatic carbocycles. The van der Waals surface area contributed by atoms with Crippen LogP contribution in [0, 0.1) is 13.8 Å². The molecule has 0 bridgehead atoms. The van der Waals surface area contributed by atoms with Crippen LogP contribution in [-0.4, -0.2) is 38.1 Å². The molecule has 0 spiro atoms. The molecule has 0 saturated carbocycles. The van der Waals surface area contributed by atoms with Gasteiger partial charge in [0.05, 0.1) is 25.3 Å². The molecule has 0 aliphatic rings. The average Bonchev–Trinajstić information content (AvgIpc) is 2.65. The van der Waals surface area contributed by atoms with Crippen molar-refractivity contribution in [2.45, 2.75) is 20.8 Å². The number of carbonyl (C=O) groups excluding carboxylic acids is 2. The maximum absolute atomic E-state index is 12.2. The van der Waals surface area contributed by atoms with Crippen molar-refractivity contribution in [2.75, 3.05) is 26.3 Å². The number of para-hydroxylation sites is 1. The predicted octanol–water partition coefficient (Wildman–Crippen LogP) is 2.63. The van der Waals surface area contributed by atoms with Crippen molar-refractivity contribution < 1.29 is 19.1 Å². The highest BCUT2D eigenvalue weighted by molar-refractivity contribution is 5.98. The highest BCUT2D eigenvalue weighted by Crippen LogP contribution is 2.18. The van der Waals surface area contributed by atoms with Gasteiger partial charge in [-0.05, 0) is 44.5 Å². The molecule has 6 nitrogen and oxygen atoms in total. The summed E-state index contributed by atoms with van der Waals surface area (Å²) in [6.45, 7) is 6.93. The first-order chi connectivity index (χ1) is 13.0. The van der Waals surface area contributed by atoms with Gasteiger partial charge >= 0.3 is 0 Å². The summed E-state index contributed by atoms with van der Waals surface area (Å²) in [5.74, 6) is 0.678. The summed E-state index contributed by atoms with van der Waals surface area (Å²) in [4.78, 5) is 24.1. The molecule has 27 heavy (non-hydrogen) atoms. The molecular weight excluding hydrogens is 344 g/mol. The van der Waals surface area contributed by atoms with E-state index in [-0.39, 0.29) is 18.4 Å². The van der Waals surface area contributed by atoms with E-state index in [1.54, 1.807) is 24.3 Å². The Morgan fingerprint density at radius 2 is 1.74 bits per heavy atom. The molecule has 2 amide bonds. The van der Waals surface area contributed by atoms with Crippen molar-refractivity contribution in [1.82, 2.24) is 10.6 Å². The first-order valence-electron chi connectivity index (χ1n) is 8.98. The van der Waals surface area contributed by atoms with E-state index >= 15 is 0 Å². The predicted molar refractivity (Wildman–Crippen MR) is 104 cm³/mol. The second kappa shape index (κ2) is 10.2. The van der Waals surface area contributed by atoms with Crippen LogP contribution in [0.5, 0.6) is 11.5 Å². The molecule has 144 valence electrons. The summed E-state index contributed by atoms with van der Waals surface area (Å²) in [7, 11) is 0. The normalized spacial score (nSPS) is 10.2. The third-order valence-electron chi connectivity index (χ3n) is 3.85. The van der Waals surface area contributed by atoms with Gasteiger partial charge in [0.1, 0.15) is 18.1 Å². The van der Waals surface area contributed by atoms with E-state index < -0.39 is 0 Å². The van der Waals surface area contributed by atoms with Gasteiger partial charge in [-0.1, -0.05) is 29.8 Å². The molecule has 0 heterocycles. The van der Waals surface area contributed by atoms with Gasteiger partial charge in [0.25, 0.3) is 5.91 Å². The maximum Gasteiger partial charge on any atom is 0.255 e. The molecule has 0 saturated heterocycles. The second-order valence-corrected chi connectivity index (χ2v) is 6.08. The minimum atomic E-state index is -0.347. The van der Waals surface area contributed by atoms with E-state index in [1.807, 2.05) is 39.0 Å². The SMILES string of the molecule is CCOc1ccccc1C(=O)NCC(=O)NCCOc1ccc(C)cc1C. The van der Waals surface area contributed by atoms with Gasteiger partial charge in [-0.3, -0.25) is 9.59 Å². The van der Waals surface area contributed by atoms with Gasteiger partial charge in [0, 0.05) is 0 Å². The lowest BCUT2D eigenvalue weighted by atomic mass is 10.1. The first kappa shape index (κ1) is 20.3. The molecule has 2 rings (SSSR count). The van der Waals surface area contributed by atoms with Crippen molar-refractivity contribution in [2.24, 2.45) is 0 Å². The quantitative estimate of drug-likeness (QED) is 0.665. The molecule has 0 aromatic heterocycles. The van der Waals surface area contributed by atoms with E-state index in [2.05, 4.69) is 10.6 Å². The molecule has 0 aliphatic carbocycles. The highest BCUT2D eigenvalue weighted by Gasteiger charge is 2.12. The Morgan fingerprint density at radius 3 is 2.48 bits per heavy atom. The summed E-state index contributed by atoms with van der Waals surface area (Å²) in [5, 5.41) is 5.32. The number of rotatable bonds is 9. The molecule has 0 atom stereocenters. The van der Waals surface area contributed by atoms with Gasteiger partial charge in [-0.2, -0.15) is 0 Å². The van der Waals surface area contributed by atoms with Crippen LogP contribution < -0.4 is 20.1 Å². The molecule has 6 heteroatoms. The van der Waals surface area contributed by atoms with Crippen LogP contribution in [0.4, 0.5) is 0 Å². The summed E-state index contributed by atoms with van der Waals surface area (Å²) in [6.07, 6.45) is 0. The molecule has 0 radical (unpaired) electrons. The van der Waals surface area contributed by atoms with Gasteiger partial charge in [-0.25, -0.2) is 0 Å². The maximum atomic E-state index is 12.2. The van der Waals surface area contributed by atoms with Crippen LogP contribution in [0.25, 0.3) is 0 Å². The minimum absolute atomic E-state index is 0.108. The molecule has 0 unspecified atom stereocenters. The molecular formula is C21H26N2O4. The van der Waals surface area contributed by atoms with Crippen LogP contribution in [0.3, 0.4) is 0 Å². The Morgan fingerprint density at radius 1 is 0.963 bits per heavy atom. The number of benzene rings is 2. The number of aryl methyl sites for hydroxylation is 2. The van der Waals surface area contributed by atoms with E-state index in [9.17, 15) is 9.59 Å². The van der Waals surface area contributed by atoms with Gasteiger partial charge in [0.2, 0.25) is 5.91 Å². The summed E-state index contributed by atoms with van der Waals surface area (Å²) >= 11 is 0. The van der Waals surface area contributed by atoms with Crippen LogP contribution in [-0.2, 0) is 4.79 Å². The third-order valence-corrected chi connectivity index (χ3v) is 3.85. The Balaban J connectivity index is 1.72. The number of hydrogen-bond acceptors (Lipinski definition) is 4. The topological polar surface area (TPSA) is 76.7 Å². The fraction of sp³-hybridized carbons (Fsp3) is 0.333. The Hall–Kier alpha value is -3.02. The summed E-state index contributed by atoms with van der Waals surface area (Å²) in [5.41, 5.74) is 2.64. The largest absolute Gasteiger partial charge is 0.493 e. The van der Waals surface area contributed by atoms with E-state index in [0.717, 1.165) is 11.3 Å². The summed E-state index contributed by atoms with van der Waals surface area (Å²) < 4.78 is 11.1. The summed E-state index contributed by atoms with van der Waals surface area (Å²) in [6, 6.07) is 12.9. The van der Waals surface area contributed by atoms with Crippen molar-refractivity contribution in [1.29, 1.82) is 0 Å². The number of hydrogen-bond donors (Lipinski definition) is 2. The Kier molecular flexibility index (Phi) is 7.67. The third kappa shape index (κ3) is 6.33. The zero-order valence-corrected chi connectivity index (χ0v) is 16.0. The van der Waals surface area contributed by atoms with Crippen molar-refractivity contribution in [3.63, 3.8) is 0 Å². The van der Waals surface area contributed by atoms with E-state index in [4.69, 9.17) is 9.47 Å². The molecule has 0 aliphatic heterocycles. The fourth-order valence-corrected chi connectivity index (χ4v) is 2.57. The van der Waals surface area contributed by atoms with Gasteiger partial charge in [0.15, 0.2) is 0 Å². The number of nitrogens with one attached hydrogen (secondary N) is 2. The van der Waals surface area contributed by atoms with Gasteiger partial charge < -0.3 is 20.1 Å². The van der Waals surface area contributed by atoms with Crippen LogP contribution in [0.2, 0.25) is 0 Å². The monoisotopic (exact) mass is 370 g/mol. The van der Waals surface area contributed by atoms with Crippen molar-refractivity contribution in [3.8, 4) is 11.5 Å². The smallest absolute Gasteiger partial charge is 0.255 e. The lowest BCUT2D eigenvalue weighted by Crippen LogP contribution is -2.38. The Bertz CT molecular complexity index is 790. The second-order valence-electron chi connectivity index (χ2n) is 6.08. The lowest BCUT2D eigenvalue weighted by Gasteiger charge is -2.12. The number of ether oxygens (including phenoxy) is 2. The zero-order valence-electron chi connectivity index (χ0n) is 16.0. The number of amides is 2. The molecule has 2 aromatic rings. The van der Waals surface area contributed by atoms with Gasteiger partial charge in [-0.15, -0.1) is 0 Å². The minimum Gasteiger partial charge on any atom is -0.493 e. The first-order valence-corrected chi connectivity index (χ1v) is 8.98. The van der Waals surface area contributed by atoms with E-state index in [1.165, 1.54) is 5.56 Å². The van der Waals surface area contributed by atoms with E-state index in [0.29, 0.717) is 31.1 Å².